The van der Waals surface area contributed by atoms with Gasteiger partial charge in [0.1, 0.15) is 6.04 Å². The molecule has 2 fully saturated rings. The summed E-state index contributed by atoms with van der Waals surface area (Å²) in [6, 6.07) is 8.39. The number of benzene rings is 1. The van der Waals surface area contributed by atoms with Crippen LogP contribution in [0.25, 0.3) is 0 Å². The molecule has 2 saturated heterocycles. The molecule has 3 rings (SSSR count). The Morgan fingerprint density at radius 1 is 1.06 bits per heavy atom. The van der Waals surface area contributed by atoms with Crippen LogP contribution in [0, 0.1) is 5.92 Å². The van der Waals surface area contributed by atoms with E-state index in [9.17, 15) is 9.59 Å². The third-order valence-corrected chi connectivity index (χ3v) is 7.83. The van der Waals surface area contributed by atoms with Gasteiger partial charge in [-0.25, -0.2) is 0 Å². The molecule has 2 heterocycles. The van der Waals surface area contributed by atoms with Crippen molar-refractivity contribution in [2.75, 3.05) is 39.3 Å². The summed E-state index contributed by atoms with van der Waals surface area (Å²) in [5.41, 5.74) is 6.55. The highest BCUT2D eigenvalue weighted by molar-refractivity contribution is 6.30. The van der Waals surface area contributed by atoms with Crippen LogP contribution in [0.3, 0.4) is 0 Å². The Morgan fingerprint density at radius 2 is 1.69 bits per heavy atom. The number of hydrogen-bond donors (Lipinski definition) is 2. The van der Waals surface area contributed by atoms with E-state index in [2.05, 4.69) is 42.8 Å². The molecular formula is C28H46ClN5O2. The van der Waals surface area contributed by atoms with Crippen molar-refractivity contribution in [1.29, 1.82) is 0 Å². The molecule has 0 spiro atoms. The second kappa shape index (κ2) is 13.8. The zero-order valence-corrected chi connectivity index (χ0v) is 23.3. The number of nitrogens with zero attached hydrogens (tertiary/aromatic N) is 3. The van der Waals surface area contributed by atoms with E-state index >= 15 is 0 Å². The number of amides is 2. The molecule has 8 heteroatoms. The molecule has 0 radical (unpaired) electrons. The molecule has 1 aromatic rings. The van der Waals surface area contributed by atoms with E-state index in [-0.39, 0.29) is 24.8 Å². The molecule has 0 saturated carbocycles. The van der Waals surface area contributed by atoms with E-state index < -0.39 is 6.04 Å². The Morgan fingerprint density at radius 3 is 2.28 bits per heavy atom. The summed E-state index contributed by atoms with van der Waals surface area (Å²) in [7, 11) is 0. The first-order valence-electron chi connectivity index (χ1n) is 13.7. The Kier molecular flexibility index (Phi) is 11.0. The molecule has 0 bridgehead atoms. The molecule has 0 aromatic heterocycles. The second-order valence-corrected chi connectivity index (χ2v) is 11.6. The highest BCUT2D eigenvalue weighted by atomic mass is 35.5. The standard InChI is InChI=1S/C28H46ClN5O2/c1-20(2)18-34(24-10-14-32(15-11-24)21(3)4)25-12-16-33(19-25)28(36)26(31-27(35)9-13-30)17-22-5-7-23(29)8-6-22/h5-8,20-21,24-26H,9-19,30H2,1-4H3,(H,31,35)/t25?,26-/m1/s1. The van der Waals surface area contributed by atoms with Gasteiger partial charge in [0, 0.05) is 62.2 Å². The largest absolute Gasteiger partial charge is 0.344 e. The highest BCUT2D eigenvalue weighted by Gasteiger charge is 2.37. The maximum absolute atomic E-state index is 13.7. The fourth-order valence-corrected chi connectivity index (χ4v) is 5.76. The van der Waals surface area contributed by atoms with Crippen molar-refractivity contribution in [3.63, 3.8) is 0 Å². The SMILES string of the molecule is CC(C)CN(C1CCN(C(C)C)CC1)C1CCN(C(=O)[C@@H](Cc2ccc(Cl)cc2)NC(=O)CCN)C1. The number of carbonyl (C=O) groups is 2. The summed E-state index contributed by atoms with van der Waals surface area (Å²) in [5, 5.41) is 3.60. The van der Waals surface area contributed by atoms with E-state index in [4.69, 9.17) is 17.3 Å². The van der Waals surface area contributed by atoms with Crippen molar-refractivity contribution in [3.8, 4) is 0 Å². The van der Waals surface area contributed by atoms with Crippen LogP contribution in [0.4, 0.5) is 0 Å². The number of piperidine rings is 1. The average molecular weight is 520 g/mol. The molecule has 0 aliphatic carbocycles. The van der Waals surface area contributed by atoms with Crippen LogP contribution in [0.2, 0.25) is 5.02 Å². The quantitative estimate of drug-likeness (QED) is 0.469. The molecule has 3 N–H and O–H groups in total. The van der Waals surface area contributed by atoms with Gasteiger partial charge in [-0.2, -0.15) is 0 Å². The first kappa shape index (κ1) is 28.9. The van der Waals surface area contributed by atoms with Crippen molar-refractivity contribution in [2.24, 2.45) is 11.7 Å². The fraction of sp³-hybridized carbons (Fsp3) is 0.714. The summed E-state index contributed by atoms with van der Waals surface area (Å²) < 4.78 is 0. The number of nitrogens with two attached hydrogens (primary N) is 1. The summed E-state index contributed by atoms with van der Waals surface area (Å²) in [6.45, 7) is 14.2. The number of halogens is 1. The van der Waals surface area contributed by atoms with Gasteiger partial charge in [-0.1, -0.05) is 37.6 Å². The average Bonchev–Trinajstić information content (AvgIpc) is 3.33. The van der Waals surface area contributed by atoms with Crippen LogP contribution in [0.1, 0.15) is 58.9 Å². The van der Waals surface area contributed by atoms with Crippen LogP contribution in [0.15, 0.2) is 24.3 Å². The molecule has 2 aliphatic rings. The summed E-state index contributed by atoms with van der Waals surface area (Å²) in [4.78, 5) is 33.3. The monoisotopic (exact) mass is 519 g/mol. The smallest absolute Gasteiger partial charge is 0.245 e. The van der Waals surface area contributed by atoms with Gasteiger partial charge >= 0.3 is 0 Å². The van der Waals surface area contributed by atoms with Gasteiger partial charge in [0.2, 0.25) is 11.8 Å². The van der Waals surface area contributed by atoms with Gasteiger partial charge in [0.25, 0.3) is 0 Å². The van der Waals surface area contributed by atoms with Gasteiger partial charge in [-0.15, -0.1) is 0 Å². The molecule has 2 atom stereocenters. The minimum atomic E-state index is -0.600. The number of likely N-dealkylation sites (tertiary alicyclic amines) is 2. The van der Waals surface area contributed by atoms with Crippen molar-refractivity contribution in [3.05, 3.63) is 34.9 Å². The lowest BCUT2D eigenvalue weighted by molar-refractivity contribution is -0.135. The summed E-state index contributed by atoms with van der Waals surface area (Å²) in [6.07, 6.45) is 4.00. The van der Waals surface area contributed by atoms with E-state index in [1.54, 1.807) is 0 Å². The fourth-order valence-electron chi connectivity index (χ4n) is 5.64. The number of hydrogen-bond acceptors (Lipinski definition) is 5. The van der Waals surface area contributed by atoms with Crippen molar-refractivity contribution in [2.45, 2.75) is 84.0 Å². The second-order valence-electron chi connectivity index (χ2n) is 11.2. The van der Waals surface area contributed by atoms with Crippen LogP contribution >= 0.6 is 11.6 Å². The van der Waals surface area contributed by atoms with Crippen molar-refractivity contribution >= 4 is 23.4 Å². The lowest BCUT2D eigenvalue weighted by Gasteiger charge is -2.43. The first-order valence-corrected chi connectivity index (χ1v) is 14.1. The van der Waals surface area contributed by atoms with E-state index in [0.29, 0.717) is 35.5 Å². The lowest BCUT2D eigenvalue weighted by atomic mass is 9.98. The van der Waals surface area contributed by atoms with E-state index in [1.165, 1.54) is 12.8 Å². The number of carbonyl (C=O) groups excluding carboxylic acids is 2. The highest BCUT2D eigenvalue weighted by Crippen LogP contribution is 2.26. The third kappa shape index (κ3) is 8.17. The van der Waals surface area contributed by atoms with Crippen LogP contribution in [-0.4, -0.2) is 89.9 Å². The molecule has 202 valence electrons. The first-order chi connectivity index (χ1) is 17.2. The zero-order valence-electron chi connectivity index (χ0n) is 22.6. The maximum Gasteiger partial charge on any atom is 0.245 e. The van der Waals surface area contributed by atoms with Gasteiger partial charge in [-0.3, -0.25) is 14.5 Å². The van der Waals surface area contributed by atoms with Crippen LogP contribution < -0.4 is 11.1 Å². The van der Waals surface area contributed by atoms with Crippen LogP contribution in [0.5, 0.6) is 0 Å². The Bertz CT molecular complexity index is 839. The predicted octanol–water partition coefficient (Wildman–Crippen LogP) is 3.15. The molecule has 1 unspecified atom stereocenters. The maximum atomic E-state index is 13.7. The lowest BCUT2D eigenvalue weighted by Crippen LogP contribution is -2.53. The predicted molar refractivity (Wildman–Crippen MR) is 147 cm³/mol. The molecule has 1 aromatic carbocycles. The third-order valence-electron chi connectivity index (χ3n) is 7.58. The minimum absolute atomic E-state index is 0.00283. The molecule has 7 nitrogen and oxygen atoms in total. The topological polar surface area (TPSA) is 81.9 Å². The Balaban J connectivity index is 1.68. The normalized spacial score (nSPS) is 20.5. The van der Waals surface area contributed by atoms with Crippen molar-refractivity contribution < 1.29 is 9.59 Å². The molecule has 2 aliphatic heterocycles. The van der Waals surface area contributed by atoms with Gasteiger partial charge in [0.15, 0.2) is 0 Å². The van der Waals surface area contributed by atoms with Gasteiger partial charge < -0.3 is 20.9 Å². The Labute approximate surface area is 222 Å². The number of rotatable bonds is 11. The zero-order chi connectivity index (χ0) is 26.2. The van der Waals surface area contributed by atoms with Gasteiger partial charge in [-0.05, 0) is 69.8 Å². The van der Waals surface area contributed by atoms with Crippen LogP contribution in [-0.2, 0) is 16.0 Å². The molecule has 2 amide bonds. The van der Waals surface area contributed by atoms with Gasteiger partial charge in [0.05, 0.1) is 0 Å². The Hall–Kier alpha value is -1.67. The summed E-state index contributed by atoms with van der Waals surface area (Å²) >= 11 is 6.04. The van der Waals surface area contributed by atoms with E-state index in [0.717, 1.165) is 44.7 Å². The molecular weight excluding hydrogens is 474 g/mol. The molecule has 36 heavy (non-hydrogen) atoms. The van der Waals surface area contributed by atoms with Crippen molar-refractivity contribution in [1.82, 2.24) is 20.0 Å². The van der Waals surface area contributed by atoms with E-state index in [1.807, 2.05) is 29.2 Å². The summed E-state index contributed by atoms with van der Waals surface area (Å²) in [5.74, 6) is 0.391. The minimum Gasteiger partial charge on any atom is -0.344 e. The number of nitrogens with one attached hydrogen (secondary N) is 1.